The summed E-state index contributed by atoms with van der Waals surface area (Å²) in [6, 6.07) is 4.79. The maximum absolute atomic E-state index is 13.6. The third kappa shape index (κ3) is 8.64. The molecule has 4 nitrogen and oxygen atoms in total. The number of carbonyl (C=O) groups excluding carboxylic acids is 1. The number of ether oxygens (including phenoxy) is 2. The first-order chi connectivity index (χ1) is 11.3. The lowest BCUT2D eigenvalue weighted by Gasteiger charge is -2.25. The molecule has 1 aromatic carbocycles. The van der Waals surface area contributed by atoms with E-state index < -0.39 is 0 Å². The van der Waals surface area contributed by atoms with Crippen molar-refractivity contribution in [2.24, 2.45) is 0 Å². The predicted octanol–water partition coefficient (Wildman–Crippen LogP) is 5.19. The zero-order valence-corrected chi connectivity index (χ0v) is 16.2. The quantitative estimate of drug-likeness (QED) is 0.546. The van der Waals surface area contributed by atoms with Crippen LogP contribution in [0.4, 0.5) is 9.18 Å². The number of unbranched alkanes of at least 4 members (excludes halogenated alkanes) is 1. The molecule has 0 atom stereocenters. The smallest absolute Gasteiger partial charge is 0.407 e. The number of rotatable bonds is 10. The lowest BCUT2D eigenvalue weighted by atomic mass is 9.99. The monoisotopic (exact) mass is 403 g/mol. The summed E-state index contributed by atoms with van der Waals surface area (Å²) >= 11 is 3.32. The second-order valence-electron chi connectivity index (χ2n) is 6.39. The van der Waals surface area contributed by atoms with Gasteiger partial charge in [-0.25, -0.2) is 9.18 Å². The summed E-state index contributed by atoms with van der Waals surface area (Å²) in [5, 5.41) is 2.86. The Kier molecular flexibility index (Phi) is 9.29. The molecule has 136 valence electrons. The van der Waals surface area contributed by atoms with E-state index in [4.69, 9.17) is 9.47 Å². The third-order valence-electron chi connectivity index (χ3n) is 3.53. The highest BCUT2D eigenvalue weighted by molar-refractivity contribution is 9.10. The molecule has 0 saturated carbocycles. The Morgan fingerprint density at radius 1 is 1.29 bits per heavy atom. The summed E-state index contributed by atoms with van der Waals surface area (Å²) in [7, 11) is 0. The lowest BCUT2D eigenvalue weighted by Crippen LogP contribution is -2.43. The van der Waals surface area contributed by atoms with Crippen molar-refractivity contribution in [2.45, 2.75) is 58.6 Å². The van der Waals surface area contributed by atoms with Crippen molar-refractivity contribution < 1.29 is 18.7 Å². The van der Waals surface area contributed by atoms with E-state index in [-0.39, 0.29) is 24.1 Å². The molecule has 0 spiro atoms. The van der Waals surface area contributed by atoms with Gasteiger partial charge in [0, 0.05) is 22.2 Å². The number of amides is 1. The molecule has 24 heavy (non-hydrogen) atoms. The third-order valence-corrected chi connectivity index (χ3v) is 4.02. The second kappa shape index (κ2) is 10.7. The Balaban J connectivity index is 2.23. The predicted molar refractivity (Wildman–Crippen MR) is 96.5 cm³/mol. The zero-order valence-electron chi connectivity index (χ0n) is 14.7. The minimum atomic E-state index is -0.384. The first kappa shape index (κ1) is 20.9. The summed E-state index contributed by atoms with van der Waals surface area (Å²) in [6.45, 7) is 7.12. The Morgan fingerprint density at radius 2 is 2.04 bits per heavy atom. The number of hydrogen-bond donors (Lipinski definition) is 1. The van der Waals surface area contributed by atoms with Gasteiger partial charge in [-0.15, -0.1) is 0 Å². The molecule has 0 fully saturated rings. The van der Waals surface area contributed by atoms with Crippen LogP contribution in [0.3, 0.4) is 0 Å². The highest BCUT2D eigenvalue weighted by Crippen LogP contribution is 2.17. The summed E-state index contributed by atoms with van der Waals surface area (Å²) in [5.74, 6) is -0.268. The van der Waals surface area contributed by atoms with E-state index in [0.29, 0.717) is 18.8 Å². The van der Waals surface area contributed by atoms with Gasteiger partial charge in [0.15, 0.2) is 0 Å². The molecule has 1 N–H and O–H groups in total. The topological polar surface area (TPSA) is 47.6 Å². The van der Waals surface area contributed by atoms with Gasteiger partial charge in [0.2, 0.25) is 0 Å². The number of hydrogen-bond acceptors (Lipinski definition) is 3. The highest BCUT2D eigenvalue weighted by Gasteiger charge is 2.20. The molecular weight excluding hydrogens is 377 g/mol. The van der Waals surface area contributed by atoms with Crippen LogP contribution in [0.15, 0.2) is 22.7 Å². The minimum Gasteiger partial charge on any atom is -0.450 e. The molecule has 1 aromatic rings. The van der Waals surface area contributed by atoms with Crippen LogP contribution < -0.4 is 5.32 Å². The molecule has 0 aromatic heterocycles. The van der Waals surface area contributed by atoms with E-state index in [0.717, 1.165) is 30.2 Å². The first-order valence-electron chi connectivity index (χ1n) is 8.30. The van der Waals surface area contributed by atoms with Crippen LogP contribution in [0.1, 0.15) is 52.0 Å². The highest BCUT2D eigenvalue weighted by atomic mass is 79.9. The fourth-order valence-corrected chi connectivity index (χ4v) is 2.54. The first-order valence-corrected chi connectivity index (χ1v) is 9.10. The molecular formula is C18H27BrFNO3. The fourth-order valence-electron chi connectivity index (χ4n) is 2.14. The summed E-state index contributed by atoms with van der Waals surface area (Å²) < 4.78 is 25.0. The van der Waals surface area contributed by atoms with Crippen LogP contribution in [-0.2, 0) is 16.1 Å². The van der Waals surface area contributed by atoms with Gasteiger partial charge in [-0.3, -0.25) is 0 Å². The van der Waals surface area contributed by atoms with E-state index in [1.54, 1.807) is 12.1 Å². The van der Waals surface area contributed by atoms with Gasteiger partial charge in [0.05, 0.1) is 13.2 Å². The normalized spacial score (nSPS) is 11.4. The Hall–Kier alpha value is -1.14. The van der Waals surface area contributed by atoms with Crippen LogP contribution in [0.25, 0.3) is 0 Å². The summed E-state index contributed by atoms with van der Waals surface area (Å²) in [4.78, 5) is 11.7. The molecule has 0 aliphatic carbocycles. The number of benzene rings is 1. The van der Waals surface area contributed by atoms with Crippen LogP contribution in [-0.4, -0.2) is 24.8 Å². The van der Waals surface area contributed by atoms with Gasteiger partial charge in [-0.2, -0.15) is 0 Å². The van der Waals surface area contributed by atoms with Gasteiger partial charge in [0.1, 0.15) is 5.82 Å². The Labute approximate surface area is 152 Å². The number of carbonyl (C=O) groups is 1. The van der Waals surface area contributed by atoms with Gasteiger partial charge in [0.25, 0.3) is 0 Å². The largest absolute Gasteiger partial charge is 0.450 e. The van der Waals surface area contributed by atoms with Crippen LogP contribution in [0.2, 0.25) is 0 Å². The molecule has 0 unspecified atom stereocenters. The van der Waals surface area contributed by atoms with Gasteiger partial charge in [-0.1, -0.05) is 29.3 Å². The average molecular weight is 404 g/mol. The number of alkyl carbamates (subject to hydrolysis) is 1. The SMILES string of the molecule is CCCCOC(=O)NC(C)(C)CCCOCc1cc(Br)ccc1F. The van der Waals surface area contributed by atoms with Crippen LogP contribution in [0.5, 0.6) is 0 Å². The van der Waals surface area contributed by atoms with Gasteiger partial charge in [-0.05, 0) is 51.3 Å². The summed E-state index contributed by atoms with van der Waals surface area (Å²) in [6.07, 6.45) is 2.99. The van der Waals surface area contributed by atoms with E-state index in [9.17, 15) is 9.18 Å². The maximum atomic E-state index is 13.6. The molecule has 0 saturated heterocycles. The van der Waals surface area contributed by atoms with Crippen molar-refractivity contribution in [1.29, 1.82) is 0 Å². The van der Waals surface area contributed by atoms with E-state index in [1.165, 1.54) is 6.07 Å². The number of halogens is 2. The fraction of sp³-hybridized carbons (Fsp3) is 0.611. The lowest BCUT2D eigenvalue weighted by molar-refractivity contribution is 0.105. The molecule has 6 heteroatoms. The number of nitrogens with one attached hydrogen (secondary N) is 1. The van der Waals surface area contributed by atoms with Crippen molar-refractivity contribution >= 4 is 22.0 Å². The molecule has 0 aliphatic rings. The minimum absolute atomic E-state index is 0.234. The van der Waals surface area contributed by atoms with Gasteiger partial charge < -0.3 is 14.8 Å². The Bertz CT molecular complexity index is 523. The molecule has 1 rings (SSSR count). The van der Waals surface area contributed by atoms with Crippen molar-refractivity contribution in [3.8, 4) is 0 Å². The molecule has 0 radical (unpaired) electrons. The van der Waals surface area contributed by atoms with Crippen molar-refractivity contribution in [3.63, 3.8) is 0 Å². The molecule has 0 bridgehead atoms. The van der Waals surface area contributed by atoms with Crippen molar-refractivity contribution in [1.82, 2.24) is 5.32 Å². The zero-order chi connectivity index (χ0) is 18.0. The van der Waals surface area contributed by atoms with E-state index in [2.05, 4.69) is 21.2 Å². The standard InChI is InChI=1S/C18H27BrFNO3/c1-4-5-11-24-17(22)21-18(2,3)9-6-10-23-13-14-12-15(19)7-8-16(14)20/h7-8,12H,4-6,9-11,13H2,1-3H3,(H,21,22). The maximum Gasteiger partial charge on any atom is 0.407 e. The summed E-state index contributed by atoms with van der Waals surface area (Å²) in [5.41, 5.74) is 0.162. The van der Waals surface area contributed by atoms with Crippen molar-refractivity contribution in [2.75, 3.05) is 13.2 Å². The van der Waals surface area contributed by atoms with E-state index in [1.807, 2.05) is 20.8 Å². The van der Waals surface area contributed by atoms with Crippen LogP contribution in [0, 0.1) is 5.82 Å². The average Bonchev–Trinajstić information content (AvgIpc) is 2.50. The van der Waals surface area contributed by atoms with E-state index >= 15 is 0 Å². The molecule has 0 heterocycles. The molecule has 0 aliphatic heterocycles. The van der Waals surface area contributed by atoms with Crippen molar-refractivity contribution in [3.05, 3.63) is 34.1 Å². The Morgan fingerprint density at radius 3 is 2.75 bits per heavy atom. The van der Waals surface area contributed by atoms with Gasteiger partial charge >= 0.3 is 6.09 Å². The second-order valence-corrected chi connectivity index (χ2v) is 7.31. The van der Waals surface area contributed by atoms with Crippen LogP contribution >= 0.6 is 15.9 Å². The molecule has 1 amide bonds.